The van der Waals surface area contributed by atoms with E-state index in [1.807, 2.05) is 0 Å². The highest BCUT2D eigenvalue weighted by atomic mass is 32.1. The number of nitro groups is 1. The Kier molecular flexibility index (Phi) is 3.74. The number of aryl methyl sites for hydroxylation is 1. The third-order valence-corrected chi connectivity index (χ3v) is 4.69. The molecule has 2 aromatic heterocycles. The normalized spacial score (nSPS) is 17.1. The Balaban J connectivity index is 1.93. The molecule has 0 spiro atoms. The van der Waals surface area contributed by atoms with Gasteiger partial charge in [0, 0.05) is 18.0 Å². The van der Waals surface area contributed by atoms with E-state index in [1.165, 1.54) is 16.5 Å². The highest BCUT2D eigenvalue weighted by molar-refractivity contribution is 7.10. The minimum Gasteiger partial charge on any atom is -0.373 e. The van der Waals surface area contributed by atoms with Crippen molar-refractivity contribution in [3.8, 4) is 0 Å². The molecule has 0 saturated heterocycles. The van der Waals surface area contributed by atoms with E-state index in [0.717, 1.165) is 19.3 Å². The fourth-order valence-corrected chi connectivity index (χ4v) is 3.63. The number of aromatic nitrogens is 1. The number of hydrogen-bond donors (Lipinski definition) is 2. The zero-order valence-corrected chi connectivity index (χ0v) is 12.4. The molecule has 6 nitrogen and oxygen atoms in total. The van der Waals surface area contributed by atoms with E-state index in [1.54, 1.807) is 24.5 Å². The van der Waals surface area contributed by atoms with Crippen LogP contribution in [0.3, 0.4) is 0 Å². The van der Waals surface area contributed by atoms with Gasteiger partial charge >= 0.3 is 5.69 Å². The van der Waals surface area contributed by atoms with Crippen LogP contribution in [-0.4, -0.2) is 17.0 Å². The maximum absolute atomic E-state index is 11.2. The Hall–Kier alpha value is -2.15. The Morgan fingerprint density at radius 2 is 2.29 bits per heavy atom. The molecule has 0 aliphatic heterocycles. The van der Waals surface area contributed by atoms with Crippen molar-refractivity contribution >= 4 is 28.7 Å². The summed E-state index contributed by atoms with van der Waals surface area (Å²) in [6.07, 6.45) is 3.15. The van der Waals surface area contributed by atoms with Crippen molar-refractivity contribution in [1.82, 2.24) is 4.98 Å². The Morgan fingerprint density at radius 1 is 1.43 bits per heavy atom. The molecule has 1 aliphatic carbocycles. The molecule has 1 unspecified atom stereocenters. The van der Waals surface area contributed by atoms with Crippen LogP contribution in [0.1, 0.15) is 29.3 Å². The molecule has 110 valence electrons. The van der Waals surface area contributed by atoms with Crippen molar-refractivity contribution in [2.45, 2.75) is 25.3 Å². The van der Waals surface area contributed by atoms with E-state index in [9.17, 15) is 10.1 Å². The molecule has 0 bridgehead atoms. The first kappa shape index (κ1) is 13.8. The molecule has 0 aromatic carbocycles. The minimum atomic E-state index is -0.397. The van der Waals surface area contributed by atoms with Crippen LogP contribution in [0, 0.1) is 10.1 Å². The monoisotopic (exact) mass is 304 g/mol. The number of pyridine rings is 1. The Morgan fingerprint density at radius 3 is 3.05 bits per heavy atom. The molecular formula is C14H16N4O2S. The smallest absolute Gasteiger partial charge is 0.311 e. The van der Waals surface area contributed by atoms with Gasteiger partial charge < -0.3 is 10.6 Å². The predicted octanol–water partition coefficient (Wildman–Crippen LogP) is 3.58. The van der Waals surface area contributed by atoms with Crippen LogP contribution < -0.4 is 10.6 Å². The predicted molar refractivity (Wildman–Crippen MR) is 84.1 cm³/mol. The largest absolute Gasteiger partial charge is 0.373 e. The van der Waals surface area contributed by atoms with Gasteiger partial charge in [0.25, 0.3) is 0 Å². The van der Waals surface area contributed by atoms with Gasteiger partial charge in [0.2, 0.25) is 5.82 Å². The summed E-state index contributed by atoms with van der Waals surface area (Å²) < 4.78 is 0. The van der Waals surface area contributed by atoms with Gasteiger partial charge in [0.05, 0.1) is 11.0 Å². The molecule has 0 amide bonds. The maximum Gasteiger partial charge on any atom is 0.311 e. The number of rotatable bonds is 4. The fourth-order valence-electron chi connectivity index (χ4n) is 2.65. The quantitative estimate of drug-likeness (QED) is 0.666. The third-order valence-electron chi connectivity index (χ3n) is 3.69. The summed E-state index contributed by atoms with van der Waals surface area (Å²) in [5, 5.41) is 19.4. The molecule has 2 N–H and O–H groups in total. The molecular weight excluding hydrogens is 288 g/mol. The van der Waals surface area contributed by atoms with Crippen LogP contribution in [0.5, 0.6) is 0 Å². The fraction of sp³-hybridized carbons (Fsp3) is 0.357. The van der Waals surface area contributed by atoms with Gasteiger partial charge in [0.1, 0.15) is 5.82 Å². The van der Waals surface area contributed by atoms with Crippen molar-refractivity contribution in [1.29, 1.82) is 0 Å². The number of fused-ring (bicyclic) bond motifs is 1. The molecule has 0 radical (unpaired) electrons. The zero-order chi connectivity index (χ0) is 14.8. The topological polar surface area (TPSA) is 80.1 Å². The number of nitrogens with zero attached hydrogens (tertiary/aromatic N) is 2. The molecule has 1 aliphatic rings. The molecule has 2 heterocycles. The van der Waals surface area contributed by atoms with Crippen LogP contribution in [0.15, 0.2) is 23.6 Å². The lowest BCUT2D eigenvalue weighted by molar-refractivity contribution is -0.384. The van der Waals surface area contributed by atoms with E-state index in [-0.39, 0.29) is 11.7 Å². The summed E-state index contributed by atoms with van der Waals surface area (Å²) in [6.45, 7) is 0. The first-order chi connectivity index (χ1) is 10.2. The lowest BCUT2D eigenvalue weighted by Crippen LogP contribution is -2.17. The second-order valence-corrected chi connectivity index (χ2v) is 5.96. The summed E-state index contributed by atoms with van der Waals surface area (Å²) in [6, 6.07) is 5.29. The van der Waals surface area contributed by atoms with E-state index in [0.29, 0.717) is 11.6 Å². The molecule has 21 heavy (non-hydrogen) atoms. The van der Waals surface area contributed by atoms with E-state index < -0.39 is 4.92 Å². The van der Waals surface area contributed by atoms with Gasteiger partial charge in [-0.2, -0.15) is 0 Å². The summed E-state index contributed by atoms with van der Waals surface area (Å²) in [7, 11) is 1.75. The number of hydrogen-bond acceptors (Lipinski definition) is 6. The van der Waals surface area contributed by atoms with Gasteiger partial charge in [0.15, 0.2) is 0 Å². The highest BCUT2D eigenvalue weighted by Gasteiger charge is 2.25. The molecule has 0 saturated carbocycles. The van der Waals surface area contributed by atoms with Crippen molar-refractivity contribution in [2.75, 3.05) is 17.7 Å². The lowest BCUT2D eigenvalue weighted by atomic mass is 9.94. The first-order valence-electron chi connectivity index (χ1n) is 6.85. The summed E-state index contributed by atoms with van der Waals surface area (Å²) in [5.74, 6) is 0.945. The van der Waals surface area contributed by atoms with E-state index >= 15 is 0 Å². The zero-order valence-electron chi connectivity index (χ0n) is 11.6. The van der Waals surface area contributed by atoms with Gasteiger partial charge in [-0.25, -0.2) is 4.98 Å². The van der Waals surface area contributed by atoms with Crippen LogP contribution >= 0.6 is 11.3 Å². The second-order valence-electron chi connectivity index (χ2n) is 4.96. The summed E-state index contributed by atoms with van der Waals surface area (Å²) in [4.78, 5) is 16.4. The van der Waals surface area contributed by atoms with Crippen molar-refractivity contribution < 1.29 is 4.92 Å². The van der Waals surface area contributed by atoms with Crippen LogP contribution in [0.25, 0.3) is 0 Å². The van der Waals surface area contributed by atoms with Gasteiger partial charge in [-0.15, -0.1) is 11.3 Å². The van der Waals surface area contributed by atoms with Crippen molar-refractivity contribution in [3.63, 3.8) is 0 Å². The number of thiophene rings is 1. The molecule has 0 fully saturated rings. The number of anilines is 2. The standard InChI is InChI=1S/C14H16N4O2S/c1-15-13-6-5-11(18(19)20)14(17-13)16-10-3-2-4-12-9(10)7-8-21-12/h5-8,10H,2-4H2,1H3,(H2,15,16,17). The summed E-state index contributed by atoms with van der Waals surface area (Å²) in [5.41, 5.74) is 1.26. The van der Waals surface area contributed by atoms with E-state index in [2.05, 4.69) is 27.1 Å². The second kappa shape index (κ2) is 5.69. The summed E-state index contributed by atoms with van der Waals surface area (Å²) >= 11 is 1.75. The van der Waals surface area contributed by atoms with Gasteiger partial charge in [-0.1, -0.05) is 0 Å². The lowest BCUT2D eigenvalue weighted by Gasteiger charge is -2.24. The molecule has 2 aromatic rings. The molecule has 3 rings (SSSR count). The number of nitrogens with one attached hydrogen (secondary N) is 2. The van der Waals surface area contributed by atoms with Crippen LogP contribution in [0.4, 0.5) is 17.3 Å². The van der Waals surface area contributed by atoms with Crippen molar-refractivity contribution in [3.05, 3.63) is 44.1 Å². The maximum atomic E-state index is 11.2. The van der Waals surface area contributed by atoms with Crippen LogP contribution in [-0.2, 0) is 6.42 Å². The molecule has 1 atom stereocenters. The van der Waals surface area contributed by atoms with Gasteiger partial charge in [-0.3, -0.25) is 10.1 Å². The average molecular weight is 304 g/mol. The minimum absolute atomic E-state index is 0.0105. The highest BCUT2D eigenvalue weighted by Crippen LogP contribution is 2.37. The Labute approximate surface area is 126 Å². The molecule has 7 heteroatoms. The van der Waals surface area contributed by atoms with Crippen molar-refractivity contribution in [2.24, 2.45) is 0 Å². The van der Waals surface area contributed by atoms with Crippen LogP contribution in [0.2, 0.25) is 0 Å². The first-order valence-corrected chi connectivity index (χ1v) is 7.73. The van der Waals surface area contributed by atoms with E-state index in [4.69, 9.17) is 0 Å². The third kappa shape index (κ3) is 2.69. The average Bonchev–Trinajstić information content (AvgIpc) is 2.96. The SMILES string of the molecule is CNc1ccc([N+](=O)[O-])c(NC2CCCc3sccc32)n1. The Bertz CT molecular complexity index is 671. The van der Waals surface area contributed by atoms with Gasteiger partial charge in [-0.05, 0) is 42.3 Å².